The summed E-state index contributed by atoms with van der Waals surface area (Å²) in [5, 5.41) is 1.03. The Bertz CT molecular complexity index is 688. The fourth-order valence-electron chi connectivity index (χ4n) is 2.80. The minimum Gasteiger partial charge on any atom is -0.416 e. The Morgan fingerprint density at radius 1 is 0.870 bits per heavy atom. The second-order valence-electron chi connectivity index (χ2n) is 5.33. The first kappa shape index (κ1) is 17.7. The van der Waals surface area contributed by atoms with E-state index in [0.717, 1.165) is 17.3 Å². The molecule has 0 unspecified atom stereocenters. The zero-order valence-electron chi connectivity index (χ0n) is 13.2. The summed E-state index contributed by atoms with van der Waals surface area (Å²) in [5.74, 6) is -6.40. The smallest absolute Gasteiger partial charge is 0.223 e. The van der Waals surface area contributed by atoms with Gasteiger partial charge in [-0.1, -0.05) is 38.1 Å². The maximum Gasteiger partial charge on any atom is 0.223 e. The zero-order chi connectivity index (χ0) is 17.2. The molecular weight excluding hydrogens is 324 g/mol. The number of benzene rings is 2. The van der Waals surface area contributed by atoms with E-state index in [0.29, 0.717) is 6.07 Å². The molecule has 0 radical (unpaired) electrons. The van der Waals surface area contributed by atoms with Crippen molar-refractivity contribution < 1.29 is 22.0 Å². The van der Waals surface area contributed by atoms with Crippen LogP contribution in [0.3, 0.4) is 0 Å². The van der Waals surface area contributed by atoms with Crippen molar-refractivity contribution in [3.05, 3.63) is 53.6 Å². The third kappa shape index (κ3) is 3.05. The minimum atomic E-state index is -2.06. The molecule has 2 aromatic carbocycles. The summed E-state index contributed by atoms with van der Waals surface area (Å²) in [4.78, 5) is 0. The molecule has 0 aliphatic carbocycles. The second-order valence-corrected chi connectivity index (χ2v) is 9.72. The zero-order valence-corrected chi connectivity index (χ0v) is 14.2. The molecule has 0 N–H and O–H groups in total. The largest absolute Gasteiger partial charge is 0.416 e. The minimum absolute atomic E-state index is 0.287. The lowest BCUT2D eigenvalue weighted by atomic mass is 10.0. The van der Waals surface area contributed by atoms with E-state index in [-0.39, 0.29) is 11.1 Å². The van der Waals surface area contributed by atoms with E-state index in [4.69, 9.17) is 4.43 Å². The Balaban J connectivity index is 2.49. The van der Waals surface area contributed by atoms with E-state index in [9.17, 15) is 17.6 Å². The number of rotatable bonds is 5. The van der Waals surface area contributed by atoms with Crippen molar-refractivity contribution in [2.24, 2.45) is 0 Å². The molecule has 2 rings (SSSR count). The molecule has 6 heteroatoms. The highest BCUT2D eigenvalue weighted by Crippen LogP contribution is 2.28. The molecule has 0 saturated heterocycles. The number of hydrogen-bond donors (Lipinski definition) is 0. The molecule has 2 aromatic rings. The average molecular weight is 342 g/mol. The first-order valence-corrected chi connectivity index (χ1v) is 9.71. The normalized spacial score (nSPS) is 11.8. The van der Waals surface area contributed by atoms with Gasteiger partial charge >= 0.3 is 0 Å². The molecule has 0 aromatic heterocycles. The van der Waals surface area contributed by atoms with Gasteiger partial charge in [-0.15, -0.1) is 0 Å². The van der Waals surface area contributed by atoms with Crippen LogP contribution in [0, 0.1) is 23.3 Å². The molecular formula is C17H18F4OSi. The summed E-state index contributed by atoms with van der Waals surface area (Å²) in [6.07, 6.45) is 0. The standard InChI is InChI=1S/C17H18F4OSi/c1-4-23(5-2,22-3)12-8-6-11(7-9-12)13-10-14(18)16(20)17(21)15(13)19/h6-10H,4-5H2,1-3H3. The first-order valence-electron chi connectivity index (χ1n) is 7.39. The molecule has 1 nitrogen and oxygen atoms in total. The third-order valence-electron chi connectivity index (χ3n) is 4.36. The van der Waals surface area contributed by atoms with E-state index in [1.807, 2.05) is 0 Å². The molecule has 0 heterocycles. The Morgan fingerprint density at radius 2 is 1.43 bits per heavy atom. The van der Waals surface area contributed by atoms with Crippen LogP contribution in [0.1, 0.15) is 13.8 Å². The van der Waals surface area contributed by atoms with Gasteiger partial charge in [0.15, 0.2) is 23.3 Å². The van der Waals surface area contributed by atoms with Crippen LogP contribution in [0.2, 0.25) is 12.1 Å². The van der Waals surface area contributed by atoms with Crippen molar-refractivity contribution in [2.75, 3.05) is 7.11 Å². The highest BCUT2D eigenvalue weighted by molar-refractivity contribution is 6.86. The van der Waals surface area contributed by atoms with Crippen LogP contribution in [-0.4, -0.2) is 15.4 Å². The van der Waals surface area contributed by atoms with Crippen LogP contribution in [0.15, 0.2) is 30.3 Å². The van der Waals surface area contributed by atoms with Crippen LogP contribution < -0.4 is 5.19 Å². The van der Waals surface area contributed by atoms with Gasteiger partial charge in [0.05, 0.1) is 0 Å². The molecule has 0 fully saturated rings. The predicted octanol–water partition coefficient (Wildman–Crippen LogP) is 4.75. The molecule has 0 atom stereocenters. The van der Waals surface area contributed by atoms with E-state index in [2.05, 4.69) is 13.8 Å². The van der Waals surface area contributed by atoms with Crippen LogP contribution in [0.4, 0.5) is 17.6 Å². The SMILES string of the molecule is CC[Si](CC)(OC)c1ccc(-c2cc(F)c(F)c(F)c2F)cc1. The highest BCUT2D eigenvalue weighted by atomic mass is 28.4. The average Bonchev–Trinajstić information content (AvgIpc) is 2.59. The van der Waals surface area contributed by atoms with E-state index in [1.54, 1.807) is 31.4 Å². The van der Waals surface area contributed by atoms with Gasteiger partial charge < -0.3 is 4.43 Å². The fourth-order valence-corrected chi connectivity index (χ4v) is 5.70. The van der Waals surface area contributed by atoms with Gasteiger partial charge in [-0.05, 0) is 28.9 Å². The molecule has 0 aliphatic rings. The second kappa shape index (κ2) is 6.84. The van der Waals surface area contributed by atoms with Gasteiger partial charge in [0, 0.05) is 12.7 Å². The molecule has 0 spiro atoms. The first-order chi connectivity index (χ1) is 10.9. The van der Waals surface area contributed by atoms with E-state index >= 15 is 0 Å². The summed E-state index contributed by atoms with van der Waals surface area (Å²) in [7, 11) is -0.386. The van der Waals surface area contributed by atoms with Crippen LogP contribution >= 0.6 is 0 Å². The predicted molar refractivity (Wildman–Crippen MR) is 85.1 cm³/mol. The fraction of sp³-hybridized carbons (Fsp3) is 0.294. The van der Waals surface area contributed by atoms with Crippen molar-refractivity contribution in [2.45, 2.75) is 25.9 Å². The highest BCUT2D eigenvalue weighted by Gasteiger charge is 2.32. The maximum absolute atomic E-state index is 13.9. The van der Waals surface area contributed by atoms with Gasteiger partial charge in [-0.3, -0.25) is 0 Å². The molecule has 124 valence electrons. The molecule has 0 bridgehead atoms. The Morgan fingerprint density at radius 3 is 1.91 bits per heavy atom. The van der Waals surface area contributed by atoms with Gasteiger partial charge in [0.2, 0.25) is 8.32 Å². The summed E-state index contributed by atoms with van der Waals surface area (Å²) in [6, 6.07) is 9.17. The number of halogens is 4. The van der Waals surface area contributed by atoms with Crippen molar-refractivity contribution in [1.82, 2.24) is 0 Å². The third-order valence-corrected chi connectivity index (χ3v) is 8.81. The Labute approximate surface area is 134 Å². The van der Waals surface area contributed by atoms with Crippen LogP contribution in [0.5, 0.6) is 0 Å². The van der Waals surface area contributed by atoms with Crippen molar-refractivity contribution in [1.29, 1.82) is 0 Å². The molecule has 0 aliphatic heterocycles. The number of hydrogen-bond acceptors (Lipinski definition) is 1. The van der Waals surface area contributed by atoms with Gasteiger partial charge in [0.1, 0.15) is 0 Å². The maximum atomic E-state index is 13.9. The van der Waals surface area contributed by atoms with E-state index in [1.165, 1.54) is 0 Å². The topological polar surface area (TPSA) is 9.23 Å². The summed E-state index contributed by atoms with van der Waals surface area (Å²) in [5.41, 5.74) is -0.0131. The van der Waals surface area contributed by atoms with Crippen molar-refractivity contribution in [3.63, 3.8) is 0 Å². The Hall–Kier alpha value is -1.66. The lowest BCUT2D eigenvalue weighted by Crippen LogP contribution is -2.48. The van der Waals surface area contributed by atoms with Crippen LogP contribution in [0.25, 0.3) is 11.1 Å². The van der Waals surface area contributed by atoms with Crippen molar-refractivity contribution >= 4 is 13.5 Å². The lowest BCUT2D eigenvalue weighted by Gasteiger charge is -2.27. The quantitative estimate of drug-likeness (QED) is 0.330. The van der Waals surface area contributed by atoms with Crippen LogP contribution in [-0.2, 0) is 4.43 Å². The summed E-state index contributed by atoms with van der Waals surface area (Å²) < 4.78 is 59.4. The van der Waals surface area contributed by atoms with Gasteiger partial charge in [-0.25, -0.2) is 17.6 Å². The lowest BCUT2D eigenvalue weighted by molar-refractivity contribution is 0.405. The summed E-state index contributed by atoms with van der Waals surface area (Å²) >= 11 is 0. The van der Waals surface area contributed by atoms with Gasteiger partial charge in [-0.2, -0.15) is 0 Å². The molecule has 23 heavy (non-hydrogen) atoms. The summed E-state index contributed by atoms with van der Waals surface area (Å²) in [6.45, 7) is 4.11. The monoisotopic (exact) mass is 342 g/mol. The molecule has 0 amide bonds. The van der Waals surface area contributed by atoms with Crippen molar-refractivity contribution in [3.8, 4) is 11.1 Å². The molecule has 0 saturated carbocycles. The van der Waals surface area contributed by atoms with Gasteiger partial charge in [0.25, 0.3) is 0 Å². The van der Waals surface area contributed by atoms with E-state index < -0.39 is 31.6 Å². The Kier molecular flexibility index (Phi) is 5.26.